The molecule has 0 unspecified atom stereocenters. The molecule has 4 rings (SSSR count). The maximum Gasteiger partial charge on any atom is 0.163 e. The second kappa shape index (κ2) is 6.32. The third kappa shape index (κ3) is 3.03. The van der Waals surface area contributed by atoms with E-state index in [2.05, 4.69) is 61.4 Å². The average molecular weight is 429 g/mol. The van der Waals surface area contributed by atoms with Crippen LogP contribution >= 0.6 is 22.6 Å². The first kappa shape index (κ1) is 15.3. The zero-order valence-corrected chi connectivity index (χ0v) is 14.8. The highest BCUT2D eigenvalue weighted by Gasteiger charge is 2.15. The van der Waals surface area contributed by atoms with Crippen molar-refractivity contribution in [3.63, 3.8) is 0 Å². The number of hydrogen-bond donors (Lipinski definition) is 0. The first-order chi connectivity index (χ1) is 11.7. The van der Waals surface area contributed by atoms with Gasteiger partial charge in [-0.05, 0) is 58.5 Å². The second-order valence-electron chi connectivity index (χ2n) is 5.54. The lowest BCUT2D eigenvalue weighted by molar-refractivity contribution is 0.630. The molecule has 0 aliphatic carbocycles. The molecule has 0 saturated heterocycles. The molecule has 0 aromatic heterocycles. The predicted molar refractivity (Wildman–Crippen MR) is 100 cm³/mol. The molecule has 0 bridgehead atoms. The third-order valence-electron chi connectivity index (χ3n) is 3.82. The van der Waals surface area contributed by atoms with Gasteiger partial charge in [0.05, 0.1) is 11.3 Å². The number of imidazole rings is 1. The van der Waals surface area contributed by atoms with Crippen molar-refractivity contribution in [2.45, 2.75) is 6.54 Å². The second-order valence-corrected chi connectivity index (χ2v) is 6.79. The predicted octanol–water partition coefficient (Wildman–Crippen LogP) is 4.84. The van der Waals surface area contributed by atoms with Crippen LogP contribution in [0.4, 0.5) is 4.39 Å². The highest BCUT2D eigenvalue weighted by Crippen LogP contribution is 2.26. The molecule has 5 heteroatoms. The van der Waals surface area contributed by atoms with Crippen LogP contribution in [0, 0.1) is 9.39 Å². The molecule has 0 atom stereocenters. The summed E-state index contributed by atoms with van der Waals surface area (Å²) in [6, 6.07) is 16.9. The minimum atomic E-state index is -0.306. The van der Waals surface area contributed by atoms with Crippen molar-refractivity contribution in [2.75, 3.05) is 0 Å². The maximum atomic E-state index is 13.9. The lowest BCUT2D eigenvalue weighted by Crippen LogP contribution is -2.00. The molecule has 0 amide bonds. The maximum absolute atomic E-state index is 13.9. The molecule has 24 heavy (non-hydrogen) atoms. The van der Waals surface area contributed by atoms with Gasteiger partial charge in [0.2, 0.25) is 0 Å². The fourth-order valence-corrected chi connectivity index (χ4v) is 2.97. The van der Waals surface area contributed by atoms with Crippen LogP contribution in [0.3, 0.4) is 0 Å². The van der Waals surface area contributed by atoms with Crippen LogP contribution in [0.5, 0.6) is 0 Å². The molecule has 2 heterocycles. The Hall–Kier alpha value is -2.28. The number of aromatic nitrogens is 3. The summed E-state index contributed by atoms with van der Waals surface area (Å²) in [4.78, 5) is 8.93. The van der Waals surface area contributed by atoms with E-state index in [4.69, 9.17) is 0 Å². The molecule has 0 spiro atoms. The van der Waals surface area contributed by atoms with Crippen LogP contribution in [-0.4, -0.2) is 14.5 Å². The van der Waals surface area contributed by atoms with Crippen LogP contribution in [-0.2, 0) is 6.54 Å². The van der Waals surface area contributed by atoms with Crippen molar-refractivity contribution < 1.29 is 4.39 Å². The summed E-state index contributed by atoms with van der Waals surface area (Å²) < 4.78 is 17.2. The van der Waals surface area contributed by atoms with E-state index in [9.17, 15) is 4.39 Å². The first-order valence-electron chi connectivity index (χ1n) is 7.52. The lowest BCUT2D eigenvalue weighted by Gasteiger charge is -2.08. The molecule has 0 N–H and O–H groups in total. The number of hydrogen-bond acceptors (Lipinski definition) is 2. The summed E-state index contributed by atoms with van der Waals surface area (Å²) in [6.07, 6.45) is 3.92. The molecular formula is C19H13FIN3. The molecule has 2 aliphatic heterocycles. The van der Waals surface area contributed by atoms with Gasteiger partial charge >= 0.3 is 0 Å². The Labute approximate surface area is 152 Å². The van der Waals surface area contributed by atoms with Crippen LogP contribution in [0.1, 0.15) is 5.56 Å². The van der Waals surface area contributed by atoms with Gasteiger partial charge in [-0.2, -0.15) is 0 Å². The van der Waals surface area contributed by atoms with E-state index >= 15 is 0 Å². The number of rotatable bonds is 3. The zero-order valence-electron chi connectivity index (χ0n) is 12.7. The van der Waals surface area contributed by atoms with Gasteiger partial charge in [-0.15, -0.1) is 0 Å². The molecule has 2 aliphatic rings. The minimum Gasteiger partial charge on any atom is -0.348 e. The van der Waals surface area contributed by atoms with Crippen molar-refractivity contribution in [3.8, 4) is 22.8 Å². The molecule has 2 aromatic rings. The summed E-state index contributed by atoms with van der Waals surface area (Å²) in [7, 11) is 0. The molecule has 2 aromatic carbocycles. The van der Waals surface area contributed by atoms with E-state index in [1.165, 1.54) is 15.2 Å². The largest absolute Gasteiger partial charge is 0.348 e. The van der Waals surface area contributed by atoms with Crippen molar-refractivity contribution in [3.05, 3.63) is 81.9 Å². The van der Waals surface area contributed by atoms with Gasteiger partial charge < -0.3 is 4.57 Å². The molecule has 0 fully saturated rings. The van der Waals surface area contributed by atoms with E-state index in [-0.39, 0.29) is 5.82 Å². The smallest absolute Gasteiger partial charge is 0.163 e. The van der Waals surface area contributed by atoms with Crippen molar-refractivity contribution in [1.29, 1.82) is 0 Å². The van der Waals surface area contributed by atoms with Gasteiger partial charge in [0.1, 0.15) is 11.5 Å². The normalized spacial score (nSPS) is 11.1. The fourth-order valence-electron chi connectivity index (χ4n) is 2.61. The van der Waals surface area contributed by atoms with Crippen molar-refractivity contribution in [2.24, 2.45) is 0 Å². The summed E-state index contributed by atoms with van der Waals surface area (Å²) >= 11 is 2.29. The van der Waals surface area contributed by atoms with Crippen molar-refractivity contribution in [1.82, 2.24) is 14.5 Å². The molecule has 118 valence electrons. The molecular weight excluding hydrogens is 416 g/mol. The van der Waals surface area contributed by atoms with Crippen LogP contribution < -0.4 is 0 Å². The van der Waals surface area contributed by atoms with E-state index in [0.717, 1.165) is 17.9 Å². The van der Waals surface area contributed by atoms with Gasteiger partial charge in [0.25, 0.3) is 0 Å². The number of halogens is 2. The van der Waals surface area contributed by atoms with E-state index in [0.29, 0.717) is 11.4 Å². The van der Waals surface area contributed by atoms with E-state index in [1.807, 2.05) is 18.5 Å². The highest BCUT2D eigenvalue weighted by atomic mass is 127. The highest BCUT2D eigenvalue weighted by molar-refractivity contribution is 14.1. The zero-order chi connectivity index (χ0) is 16.5. The summed E-state index contributed by atoms with van der Waals surface area (Å²) in [5.41, 5.74) is 3.18. The van der Waals surface area contributed by atoms with Gasteiger partial charge in [0.15, 0.2) is 5.82 Å². The standard InChI is InChI=1S/C19H13FIN3/c20-16-4-2-1-3-15(16)19-22-17-9-10-24(12-18(17)23-19)11-13-5-7-14(21)8-6-13/h1-10,12H,11H2. The number of fused-ring (bicyclic) bond motifs is 1. The van der Waals surface area contributed by atoms with E-state index < -0.39 is 0 Å². The SMILES string of the molecule is Fc1ccccc1-c1nc2ccn(Cc3ccc(I)cc3)cc-2n1. The Kier molecular flexibility index (Phi) is 4.02. The Bertz CT molecular complexity index is 963. The van der Waals surface area contributed by atoms with Crippen molar-refractivity contribution >= 4 is 22.6 Å². The number of pyridine rings is 1. The summed E-state index contributed by atoms with van der Waals surface area (Å²) in [6.45, 7) is 0.759. The first-order valence-corrected chi connectivity index (χ1v) is 8.60. The number of benzene rings is 2. The summed E-state index contributed by atoms with van der Waals surface area (Å²) in [5.74, 6) is 0.120. The van der Waals surface area contributed by atoms with Gasteiger partial charge in [0, 0.05) is 22.5 Å². The molecule has 0 saturated carbocycles. The van der Waals surface area contributed by atoms with Crippen LogP contribution in [0.25, 0.3) is 22.8 Å². The Morgan fingerprint density at radius 3 is 2.46 bits per heavy atom. The topological polar surface area (TPSA) is 30.7 Å². The van der Waals surface area contributed by atoms with Gasteiger partial charge in [-0.25, -0.2) is 14.4 Å². The lowest BCUT2D eigenvalue weighted by atomic mass is 10.2. The average Bonchev–Trinajstić information content (AvgIpc) is 3.00. The van der Waals surface area contributed by atoms with Gasteiger partial charge in [-0.1, -0.05) is 24.3 Å². The minimum absolute atomic E-state index is 0.306. The Morgan fingerprint density at radius 2 is 1.67 bits per heavy atom. The summed E-state index contributed by atoms with van der Waals surface area (Å²) in [5, 5.41) is 0. The quantitative estimate of drug-likeness (QED) is 0.437. The van der Waals surface area contributed by atoms with Gasteiger partial charge in [-0.3, -0.25) is 0 Å². The van der Waals surface area contributed by atoms with E-state index in [1.54, 1.807) is 18.2 Å². The fraction of sp³-hybridized carbons (Fsp3) is 0.0526. The molecule has 0 radical (unpaired) electrons. The number of nitrogens with zero attached hydrogens (tertiary/aromatic N) is 3. The molecule has 3 nitrogen and oxygen atoms in total. The van der Waals surface area contributed by atoms with Crippen LogP contribution in [0.15, 0.2) is 67.0 Å². The third-order valence-corrected chi connectivity index (χ3v) is 4.54. The Morgan fingerprint density at radius 1 is 0.917 bits per heavy atom. The Balaban J connectivity index is 1.68. The monoisotopic (exact) mass is 429 g/mol. The van der Waals surface area contributed by atoms with Crippen LogP contribution in [0.2, 0.25) is 0 Å².